The van der Waals surface area contributed by atoms with Crippen molar-refractivity contribution in [3.05, 3.63) is 18.2 Å². The molecule has 0 aromatic carbocycles. The van der Waals surface area contributed by atoms with Crippen molar-refractivity contribution in [3.8, 4) is 0 Å². The fourth-order valence-corrected chi connectivity index (χ4v) is 3.66. The molecule has 4 heterocycles. The first kappa shape index (κ1) is 16.3. The van der Waals surface area contributed by atoms with E-state index < -0.39 is 5.91 Å². The molecule has 2 aliphatic heterocycles. The first-order valence-electron chi connectivity index (χ1n) is 8.95. The van der Waals surface area contributed by atoms with Gasteiger partial charge in [0, 0.05) is 45.3 Å². The predicted octanol–water partition coefficient (Wildman–Crippen LogP) is 0.540. The summed E-state index contributed by atoms with van der Waals surface area (Å²) in [5.41, 5.74) is 6.47. The summed E-state index contributed by atoms with van der Waals surface area (Å²) in [6, 6.07) is 1.58. The van der Waals surface area contributed by atoms with Crippen molar-refractivity contribution in [1.29, 1.82) is 0 Å². The van der Waals surface area contributed by atoms with E-state index >= 15 is 0 Å². The third-order valence-corrected chi connectivity index (χ3v) is 5.14. The van der Waals surface area contributed by atoms with Crippen molar-refractivity contribution in [1.82, 2.24) is 19.8 Å². The molecule has 0 unspecified atom stereocenters. The number of hydrogen-bond acceptors (Lipinski definition) is 7. The van der Waals surface area contributed by atoms with Crippen LogP contribution in [0.4, 0.5) is 5.82 Å². The lowest BCUT2D eigenvalue weighted by Crippen LogP contribution is -2.48. The fraction of sp³-hybridized carbons (Fsp3) is 0.588. The number of nitrogens with two attached hydrogens (primary N) is 1. The molecule has 1 amide bonds. The van der Waals surface area contributed by atoms with Crippen molar-refractivity contribution < 1.29 is 9.21 Å². The minimum Gasteiger partial charge on any atom is -0.445 e. The van der Waals surface area contributed by atoms with E-state index in [-0.39, 0.29) is 5.76 Å². The lowest BCUT2D eigenvalue weighted by atomic mass is 10.3. The van der Waals surface area contributed by atoms with Gasteiger partial charge in [0.2, 0.25) is 0 Å². The van der Waals surface area contributed by atoms with Crippen LogP contribution in [-0.4, -0.2) is 78.0 Å². The molecule has 2 aromatic heterocycles. The molecule has 0 spiro atoms. The van der Waals surface area contributed by atoms with Crippen LogP contribution in [0.3, 0.4) is 0 Å². The van der Waals surface area contributed by atoms with Crippen LogP contribution in [0.15, 0.2) is 16.8 Å². The lowest BCUT2D eigenvalue weighted by Gasteiger charge is -2.35. The van der Waals surface area contributed by atoms with Gasteiger partial charge in [0.1, 0.15) is 11.8 Å². The number of amides is 1. The van der Waals surface area contributed by atoms with Crippen molar-refractivity contribution in [3.63, 3.8) is 0 Å². The van der Waals surface area contributed by atoms with E-state index in [1.165, 1.54) is 32.3 Å². The van der Waals surface area contributed by atoms with E-state index in [1.54, 1.807) is 6.07 Å². The molecule has 2 N–H and O–H groups in total. The second-order valence-corrected chi connectivity index (χ2v) is 6.76. The lowest BCUT2D eigenvalue weighted by molar-refractivity contribution is 0.0976. The Morgan fingerprint density at radius 2 is 1.72 bits per heavy atom. The number of furan rings is 1. The molecule has 8 heteroatoms. The monoisotopic (exact) mass is 344 g/mol. The topological polar surface area (TPSA) is 91.7 Å². The highest BCUT2D eigenvalue weighted by Gasteiger charge is 2.23. The molecule has 2 aliphatic rings. The van der Waals surface area contributed by atoms with Gasteiger partial charge in [-0.1, -0.05) is 0 Å². The van der Waals surface area contributed by atoms with Gasteiger partial charge in [-0.25, -0.2) is 9.97 Å². The molecule has 0 radical (unpaired) electrons. The van der Waals surface area contributed by atoms with Crippen LogP contribution in [0.5, 0.6) is 0 Å². The fourth-order valence-electron chi connectivity index (χ4n) is 3.66. The average Bonchev–Trinajstić information content (AvgIpc) is 3.29. The number of hydrogen-bond donors (Lipinski definition) is 1. The van der Waals surface area contributed by atoms with Crippen LogP contribution in [0.2, 0.25) is 0 Å². The zero-order chi connectivity index (χ0) is 17.2. The summed E-state index contributed by atoms with van der Waals surface area (Å²) < 4.78 is 5.59. The van der Waals surface area contributed by atoms with Gasteiger partial charge in [0.05, 0.1) is 0 Å². The normalized spacial score (nSPS) is 19.8. The van der Waals surface area contributed by atoms with Crippen LogP contribution in [-0.2, 0) is 0 Å². The van der Waals surface area contributed by atoms with Crippen LogP contribution in [0, 0.1) is 0 Å². The van der Waals surface area contributed by atoms with Gasteiger partial charge in [0.25, 0.3) is 5.91 Å². The molecule has 2 aromatic rings. The van der Waals surface area contributed by atoms with Crippen molar-refractivity contribution in [2.24, 2.45) is 5.73 Å². The minimum atomic E-state index is -0.587. The molecule has 2 saturated heterocycles. The first-order chi connectivity index (χ1) is 12.2. The van der Waals surface area contributed by atoms with Gasteiger partial charge in [-0.15, -0.1) is 0 Å². The van der Waals surface area contributed by atoms with E-state index in [1.807, 2.05) is 0 Å². The number of piperazine rings is 1. The first-order valence-corrected chi connectivity index (χ1v) is 8.95. The molecule has 2 fully saturated rings. The maximum atomic E-state index is 11.3. The summed E-state index contributed by atoms with van der Waals surface area (Å²) in [7, 11) is 0. The number of carbonyl (C=O) groups is 1. The maximum Gasteiger partial charge on any atom is 0.284 e. The molecular weight excluding hydrogens is 320 g/mol. The SMILES string of the molecule is NC(=O)c1cc2ncnc(N3CCN(CCN4CCCC4)CC3)c2o1. The number of fused-ring (bicyclic) bond motifs is 1. The van der Waals surface area contributed by atoms with E-state index in [4.69, 9.17) is 10.2 Å². The summed E-state index contributed by atoms with van der Waals surface area (Å²) >= 11 is 0. The molecule has 134 valence electrons. The Kier molecular flexibility index (Phi) is 4.54. The van der Waals surface area contributed by atoms with E-state index in [2.05, 4.69) is 24.7 Å². The van der Waals surface area contributed by atoms with Crippen molar-refractivity contribution >= 4 is 22.8 Å². The highest BCUT2D eigenvalue weighted by Crippen LogP contribution is 2.26. The van der Waals surface area contributed by atoms with Crippen molar-refractivity contribution in [2.75, 3.05) is 57.3 Å². The van der Waals surface area contributed by atoms with Crippen LogP contribution in [0.25, 0.3) is 11.1 Å². The molecule has 0 saturated carbocycles. The Morgan fingerprint density at radius 3 is 2.40 bits per heavy atom. The Bertz CT molecular complexity index is 747. The average molecular weight is 344 g/mol. The summed E-state index contributed by atoms with van der Waals surface area (Å²) in [6.07, 6.45) is 4.19. The predicted molar refractivity (Wildman–Crippen MR) is 94.6 cm³/mol. The Morgan fingerprint density at radius 1 is 1.04 bits per heavy atom. The zero-order valence-electron chi connectivity index (χ0n) is 14.4. The number of likely N-dealkylation sites (tertiary alicyclic amines) is 1. The number of anilines is 1. The molecule has 0 aliphatic carbocycles. The number of primary amides is 1. The van der Waals surface area contributed by atoms with Crippen molar-refractivity contribution in [2.45, 2.75) is 12.8 Å². The number of carbonyl (C=O) groups excluding carboxylic acids is 1. The Labute approximate surface area is 146 Å². The van der Waals surface area contributed by atoms with Crippen LogP contribution in [0.1, 0.15) is 23.4 Å². The Balaban J connectivity index is 1.40. The standard InChI is InChI=1S/C17H24N6O2/c18-16(24)14-11-13-15(25-14)17(20-12-19-13)23-9-7-22(8-10-23)6-5-21-3-1-2-4-21/h11-12H,1-10H2,(H2,18,24). The van der Waals surface area contributed by atoms with Gasteiger partial charge in [0.15, 0.2) is 17.2 Å². The Hall–Kier alpha value is -2.19. The molecule has 8 nitrogen and oxygen atoms in total. The number of nitrogens with zero attached hydrogens (tertiary/aromatic N) is 5. The van der Waals surface area contributed by atoms with Gasteiger partial charge >= 0.3 is 0 Å². The molecule has 0 bridgehead atoms. The smallest absolute Gasteiger partial charge is 0.284 e. The summed E-state index contributed by atoms with van der Waals surface area (Å²) in [6.45, 7) is 8.57. The molecular formula is C17H24N6O2. The second-order valence-electron chi connectivity index (χ2n) is 6.76. The summed E-state index contributed by atoms with van der Waals surface area (Å²) in [5.74, 6) is 0.286. The third kappa shape index (κ3) is 3.45. The van der Waals surface area contributed by atoms with E-state index in [9.17, 15) is 4.79 Å². The molecule has 0 atom stereocenters. The zero-order valence-corrected chi connectivity index (χ0v) is 14.4. The van der Waals surface area contributed by atoms with E-state index in [0.29, 0.717) is 11.1 Å². The molecule has 4 rings (SSSR count). The van der Waals surface area contributed by atoms with E-state index in [0.717, 1.165) is 45.1 Å². The number of aromatic nitrogens is 2. The number of rotatable bonds is 5. The summed E-state index contributed by atoms with van der Waals surface area (Å²) in [4.78, 5) is 27.1. The van der Waals surface area contributed by atoms with Crippen LogP contribution < -0.4 is 10.6 Å². The van der Waals surface area contributed by atoms with Crippen LogP contribution >= 0.6 is 0 Å². The van der Waals surface area contributed by atoms with Gasteiger partial charge in [-0.2, -0.15) is 0 Å². The third-order valence-electron chi connectivity index (χ3n) is 5.14. The largest absolute Gasteiger partial charge is 0.445 e. The van der Waals surface area contributed by atoms with Gasteiger partial charge in [-0.05, 0) is 25.9 Å². The quantitative estimate of drug-likeness (QED) is 0.846. The summed E-state index contributed by atoms with van der Waals surface area (Å²) in [5, 5.41) is 0. The minimum absolute atomic E-state index is 0.126. The van der Waals surface area contributed by atoms with Gasteiger partial charge < -0.3 is 20.0 Å². The second kappa shape index (κ2) is 6.97. The molecule has 25 heavy (non-hydrogen) atoms. The highest BCUT2D eigenvalue weighted by molar-refractivity contribution is 5.96. The maximum absolute atomic E-state index is 11.3. The highest BCUT2D eigenvalue weighted by atomic mass is 16.3. The van der Waals surface area contributed by atoms with Gasteiger partial charge in [-0.3, -0.25) is 9.69 Å².